The second-order valence-corrected chi connectivity index (χ2v) is 6.19. The number of nitrogens with zero attached hydrogens (tertiary/aromatic N) is 1. The lowest BCUT2D eigenvalue weighted by Gasteiger charge is -2.24. The van der Waals surface area contributed by atoms with Gasteiger partial charge in [0, 0.05) is 5.56 Å². The number of amides is 4. The molecular weight excluding hydrogens is 357 g/mol. The Kier molecular flexibility index (Phi) is 4.78. The molecule has 27 heavy (non-hydrogen) atoms. The molecule has 0 spiro atoms. The van der Waals surface area contributed by atoms with Crippen LogP contribution in [0.1, 0.15) is 5.56 Å². The van der Waals surface area contributed by atoms with E-state index in [2.05, 4.69) is 5.32 Å². The molecule has 2 unspecified atom stereocenters. The highest BCUT2D eigenvalue weighted by atomic mass is 19.1. The van der Waals surface area contributed by atoms with Crippen LogP contribution in [0.3, 0.4) is 0 Å². The maximum atomic E-state index is 13.0. The van der Waals surface area contributed by atoms with E-state index in [1.54, 1.807) is 24.3 Å². The standard InChI is InChI=1S/C18H16FN3O5/c19-12-4-6-13(7-5-12)27-14-3-1-2-11(8-14)9-22(17(20)25)10-15(16(23)24)21-18(22)26/h1-8,15H,9-10H2,(H3-,20,21,23,24,25,26)/p+1. The number of carbonyl (C=O) groups is 3. The molecule has 4 N–H and O–H groups in total. The van der Waals surface area contributed by atoms with Crippen molar-refractivity contribution in [3.05, 3.63) is 59.9 Å². The number of quaternary nitrogens is 1. The predicted molar refractivity (Wildman–Crippen MR) is 91.3 cm³/mol. The summed E-state index contributed by atoms with van der Waals surface area (Å²) in [6, 6.07) is 9.13. The summed E-state index contributed by atoms with van der Waals surface area (Å²) in [6.07, 6.45) is 0. The molecule has 2 aromatic rings. The second kappa shape index (κ2) is 7.04. The van der Waals surface area contributed by atoms with Gasteiger partial charge >= 0.3 is 18.0 Å². The molecule has 9 heteroatoms. The van der Waals surface area contributed by atoms with E-state index in [1.165, 1.54) is 24.3 Å². The van der Waals surface area contributed by atoms with Gasteiger partial charge in [0.15, 0.2) is 6.04 Å². The summed E-state index contributed by atoms with van der Waals surface area (Å²) in [5.41, 5.74) is 5.97. The molecule has 2 atom stereocenters. The summed E-state index contributed by atoms with van der Waals surface area (Å²) in [6.45, 7) is -0.405. The molecular formula is C18H17FN3O5+. The van der Waals surface area contributed by atoms with Crippen molar-refractivity contribution in [1.82, 2.24) is 5.32 Å². The van der Waals surface area contributed by atoms with Gasteiger partial charge in [-0.1, -0.05) is 12.1 Å². The van der Waals surface area contributed by atoms with Crippen molar-refractivity contribution in [2.45, 2.75) is 12.6 Å². The Balaban J connectivity index is 1.83. The van der Waals surface area contributed by atoms with Gasteiger partial charge in [0.05, 0.1) is 0 Å². The minimum atomic E-state index is -1.24. The summed E-state index contributed by atoms with van der Waals surface area (Å²) >= 11 is 0. The summed E-state index contributed by atoms with van der Waals surface area (Å²) in [4.78, 5) is 35.5. The van der Waals surface area contributed by atoms with E-state index in [1.807, 2.05) is 0 Å². The fourth-order valence-electron chi connectivity index (χ4n) is 2.91. The third kappa shape index (κ3) is 3.72. The normalized spacial score (nSPS) is 21.5. The number of benzene rings is 2. The smallest absolute Gasteiger partial charge is 0.426 e. The first-order chi connectivity index (χ1) is 12.8. The average Bonchev–Trinajstić information content (AvgIpc) is 2.95. The van der Waals surface area contributed by atoms with Crippen molar-refractivity contribution in [1.29, 1.82) is 0 Å². The molecule has 2 aromatic carbocycles. The highest BCUT2D eigenvalue weighted by Crippen LogP contribution is 2.26. The van der Waals surface area contributed by atoms with Gasteiger partial charge in [0.2, 0.25) is 0 Å². The molecule has 4 amide bonds. The van der Waals surface area contributed by atoms with Gasteiger partial charge in [-0.05, 0) is 36.4 Å². The van der Waals surface area contributed by atoms with Crippen LogP contribution < -0.4 is 15.8 Å². The first-order valence-electron chi connectivity index (χ1n) is 8.03. The number of rotatable bonds is 5. The summed E-state index contributed by atoms with van der Waals surface area (Å²) in [5, 5.41) is 11.4. The monoisotopic (exact) mass is 374 g/mol. The third-order valence-electron chi connectivity index (χ3n) is 4.30. The number of aliphatic carboxylic acids is 1. The van der Waals surface area contributed by atoms with Crippen LogP contribution in [0.2, 0.25) is 0 Å². The average molecular weight is 374 g/mol. The minimum absolute atomic E-state index is 0.119. The van der Waals surface area contributed by atoms with E-state index in [0.717, 1.165) is 0 Å². The highest BCUT2D eigenvalue weighted by molar-refractivity contribution is 5.89. The van der Waals surface area contributed by atoms with Crippen LogP contribution in [0, 0.1) is 5.82 Å². The lowest BCUT2D eigenvalue weighted by molar-refractivity contribution is -0.771. The van der Waals surface area contributed by atoms with E-state index >= 15 is 0 Å². The topological polar surface area (TPSA) is 119 Å². The third-order valence-corrected chi connectivity index (χ3v) is 4.30. The zero-order chi connectivity index (χ0) is 19.6. The van der Waals surface area contributed by atoms with Gasteiger partial charge in [-0.25, -0.2) is 18.8 Å². The maximum absolute atomic E-state index is 13.0. The van der Waals surface area contributed by atoms with E-state index < -0.39 is 34.4 Å². The van der Waals surface area contributed by atoms with Crippen LogP contribution in [0.15, 0.2) is 48.5 Å². The number of hydrogen-bond acceptors (Lipinski definition) is 4. The van der Waals surface area contributed by atoms with Crippen LogP contribution in [-0.2, 0) is 11.3 Å². The fraction of sp³-hybridized carbons (Fsp3) is 0.167. The van der Waals surface area contributed by atoms with Crippen LogP contribution in [0.4, 0.5) is 14.0 Å². The summed E-state index contributed by atoms with van der Waals surface area (Å²) < 4.78 is 17.8. The number of carboxylic acids is 1. The molecule has 1 fully saturated rings. The highest BCUT2D eigenvalue weighted by Gasteiger charge is 2.54. The molecule has 1 aliphatic heterocycles. The number of carbonyl (C=O) groups excluding carboxylic acids is 2. The Morgan fingerprint density at radius 3 is 2.52 bits per heavy atom. The Morgan fingerprint density at radius 1 is 1.22 bits per heavy atom. The molecule has 3 rings (SSSR count). The molecule has 140 valence electrons. The number of halogens is 1. The number of hydrogen-bond donors (Lipinski definition) is 3. The van der Waals surface area contributed by atoms with Gasteiger partial charge in [-0.2, -0.15) is 4.48 Å². The molecule has 0 radical (unpaired) electrons. The van der Waals surface area contributed by atoms with Crippen molar-refractivity contribution >= 4 is 18.0 Å². The molecule has 8 nitrogen and oxygen atoms in total. The fourth-order valence-corrected chi connectivity index (χ4v) is 2.91. The summed E-state index contributed by atoms with van der Waals surface area (Å²) in [5.74, 6) is -0.802. The number of nitrogens with two attached hydrogens (primary N) is 1. The van der Waals surface area contributed by atoms with E-state index in [0.29, 0.717) is 17.1 Å². The zero-order valence-corrected chi connectivity index (χ0v) is 14.1. The number of nitrogens with one attached hydrogen (secondary N) is 1. The SMILES string of the molecule is NC(=O)[N+]1(Cc2cccc(Oc3ccc(F)cc3)c2)CC(C(=O)O)NC1=O. The predicted octanol–water partition coefficient (Wildman–Crippen LogP) is 2.19. The Hall–Kier alpha value is -3.46. The van der Waals surface area contributed by atoms with E-state index in [9.17, 15) is 18.8 Å². The molecule has 1 saturated heterocycles. The number of ether oxygens (including phenoxy) is 1. The Labute approximate surface area is 153 Å². The molecule has 1 heterocycles. The molecule has 0 bridgehead atoms. The lowest BCUT2D eigenvalue weighted by atomic mass is 10.1. The zero-order valence-electron chi connectivity index (χ0n) is 14.1. The maximum Gasteiger partial charge on any atom is 0.426 e. The van der Waals surface area contributed by atoms with Gasteiger partial charge in [-0.15, -0.1) is 0 Å². The van der Waals surface area contributed by atoms with Gasteiger partial charge in [0.25, 0.3) is 0 Å². The number of primary amides is 1. The van der Waals surface area contributed by atoms with Crippen molar-refractivity contribution in [3.8, 4) is 11.5 Å². The van der Waals surface area contributed by atoms with E-state index in [4.69, 9.17) is 15.6 Å². The quantitative estimate of drug-likeness (QED) is 0.693. The largest absolute Gasteiger partial charge is 0.480 e. The first kappa shape index (κ1) is 18.3. The number of carboxylic acid groups (broad SMARTS) is 1. The molecule has 0 aromatic heterocycles. The Bertz CT molecular complexity index is 902. The molecule has 1 aliphatic rings. The van der Waals surface area contributed by atoms with Gasteiger partial charge < -0.3 is 15.6 Å². The lowest BCUT2D eigenvalue weighted by Crippen LogP contribution is -2.57. The van der Waals surface area contributed by atoms with Gasteiger partial charge in [0.1, 0.15) is 30.4 Å². The van der Waals surface area contributed by atoms with Crippen LogP contribution in [0.5, 0.6) is 11.5 Å². The first-order valence-corrected chi connectivity index (χ1v) is 8.03. The number of urea groups is 2. The molecule has 0 saturated carbocycles. The minimum Gasteiger partial charge on any atom is -0.480 e. The van der Waals surface area contributed by atoms with Crippen molar-refractivity contribution < 1.29 is 33.1 Å². The summed E-state index contributed by atoms with van der Waals surface area (Å²) in [7, 11) is 0. The van der Waals surface area contributed by atoms with Crippen LogP contribution in [-0.4, -0.2) is 40.2 Å². The second-order valence-electron chi connectivity index (χ2n) is 6.19. The number of imide groups is 1. The van der Waals surface area contributed by atoms with Crippen LogP contribution in [0.25, 0.3) is 0 Å². The van der Waals surface area contributed by atoms with Crippen LogP contribution >= 0.6 is 0 Å². The van der Waals surface area contributed by atoms with E-state index in [-0.39, 0.29) is 13.1 Å². The van der Waals surface area contributed by atoms with Gasteiger partial charge in [-0.3, -0.25) is 5.32 Å². The Morgan fingerprint density at radius 2 is 1.93 bits per heavy atom. The van der Waals surface area contributed by atoms with Crippen molar-refractivity contribution in [3.63, 3.8) is 0 Å². The molecule has 0 aliphatic carbocycles. The van der Waals surface area contributed by atoms with Crippen molar-refractivity contribution in [2.24, 2.45) is 5.73 Å². The van der Waals surface area contributed by atoms with Crippen molar-refractivity contribution in [2.75, 3.05) is 6.54 Å².